The minimum absolute atomic E-state index is 0.291. The molecule has 0 aliphatic carbocycles. The van der Waals surface area contributed by atoms with Crippen LogP contribution in [0.15, 0.2) is 18.7 Å². The first-order valence-corrected chi connectivity index (χ1v) is 6.09. The SMILES string of the molecule is CP(C)(=O)[CH]C(=O)n1ccnc1. The van der Waals surface area contributed by atoms with Crippen molar-refractivity contribution in [2.45, 2.75) is 0 Å². The van der Waals surface area contributed by atoms with Gasteiger partial charge in [-0.2, -0.15) is 0 Å². The fraction of sp³-hybridized carbons (Fsp3) is 0.286. The molecule has 1 rings (SSSR count). The maximum absolute atomic E-state index is 11.2. The van der Waals surface area contributed by atoms with Gasteiger partial charge in [0.1, 0.15) is 12.5 Å². The molecule has 0 aliphatic rings. The van der Waals surface area contributed by atoms with Gasteiger partial charge in [0, 0.05) is 12.4 Å². The smallest absolute Gasteiger partial charge is 0.243 e. The van der Waals surface area contributed by atoms with Crippen LogP contribution in [-0.4, -0.2) is 28.8 Å². The summed E-state index contributed by atoms with van der Waals surface area (Å²) in [6.45, 7) is 3.09. The summed E-state index contributed by atoms with van der Waals surface area (Å²) >= 11 is 0. The van der Waals surface area contributed by atoms with Crippen molar-refractivity contribution < 1.29 is 9.36 Å². The molecule has 0 saturated heterocycles. The van der Waals surface area contributed by atoms with Crippen molar-refractivity contribution in [3.63, 3.8) is 0 Å². The summed E-state index contributed by atoms with van der Waals surface area (Å²) in [6, 6.07) is 0. The molecule has 5 heteroatoms. The summed E-state index contributed by atoms with van der Waals surface area (Å²) in [5.41, 5.74) is 0. The van der Waals surface area contributed by atoms with Crippen LogP contribution in [0, 0.1) is 6.16 Å². The van der Waals surface area contributed by atoms with Crippen molar-refractivity contribution in [2.75, 3.05) is 13.3 Å². The molecule has 0 atom stereocenters. The standard InChI is InChI=1S/C7H10N2O2P/c1-12(2,11)5-7(10)9-4-3-8-6-9/h3-6H,1-2H3. The zero-order chi connectivity index (χ0) is 9.19. The fourth-order valence-corrected chi connectivity index (χ4v) is 1.39. The van der Waals surface area contributed by atoms with Crippen molar-refractivity contribution in [3.05, 3.63) is 24.9 Å². The van der Waals surface area contributed by atoms with Gasteiger partial charge in [-0.15, -0.1) is 0 Å². The van der Waals surface area contributed by atoms with Crippen LogP contribution in [-0.2, 0) is 4.57 Å². The minimum atomic E-state index is -2.39. The third-order valence-electron chi connectivity index (χ3n) is 1.18. The maximum atomic E-state index is 11.2. The molecule has 0 fully saturated rings. The Labute approximate surface area is 71.0 Å². The van der Waals surface area contributed by atoms with Crippen LogP contribution >= 0.6 is 7.14 Å². The number of imidazole rings is 1. The van der Waals surface area contributed by atoms with E-state index >= 15 is 0 Å². The van der Waals surface area contributed by atoms with Crippen molar-refractivity contribution in [1.82, 2.24) is 9.55 Å². The highest BCUT2D eigenvalue weighted by Crippen LogP contribution is 2.39. The van der Waals surface area contributed by atoms with Gasteiger partial charge in [0.25, 0.3) is 0 Å². The molecule has 1 radical (unpaired) electrons. The molecule has 0 spiro atoms. The summed E-state index contributed by atoms with van der Waals surface area (Å²) in [6.07, 6.45) is 5.64. The molecule has 0 unspecified atom stereocenters. The lowest BCUT2D eigenvalue weighted by molar-refractivity contribution is 0.0960. The van der Waals surface area contributed by atoms with E-state index in [1.807, 2.05) is 0 Å². The van der Waals surface area contributed by atoms with E-state index in [0.29, 0.717) is 0 Å². The van der Waals surface area contributed by atoms with Crippen LogP contribution in [0.2, 0.25) is 0 Å². The van der Waals surface area contributed by atoms with Crippen LogP contribution in [0.4, 0.5) is 0 Å². The van der Waals surface area contributed by atoms with Crippen molar-refractivity contribution in [1.29, 1.82) is 0 Å². The van der Waals surface area contributed by atoms with E-state index in [-0.39, 0.29) is 5.91 Å². The summed E-state index contributed by atoms with van der Waals surface area (Å²) in [7, 11) is -2.39. The Morgan fingerprint density at radius 1 is 1.58 bits per heavy atom. The number of carbonyl (C=O) groups is 1. The number of nitrogens with zero attached hydrogens (tertiary/aromatic N) is 2. The monoisotopic (exact) mass is 185 g/mol. The van der Waals surface area contributed by atoms with Crippen LogP contribution in [0.3, 0.4) is 0 Å². The van der Waals surface area contributed by atoms with Gasteiger partial charge in [0.15, 0.2) is 0 Å². The normalized spacial score (nSPS) is 11.5. The van der Waals surface area contributed by atoms with E-state index in [4.69, 9.17) is 0 Å². The van der Waals surface area contributed by atoms with Gasteiger partial charge in [0.2, 0.25) is 5.91 Å². The first kappa shape index (κ1) is 9.20. The lowest BCUT2D eigenvalue weighted by Gasteiger charge is -2.03. The highest BCUT2D eigenvalue weighted by Gasteiger charge is 2.15. The average Bonchev–Trinajstić information content (AvgIpc) is 2.32. The fourth-order valence-electron chi connectivity index (χ4n) is 0.722. The van der Waals surface area contributed by atoms with Crippen LogP contribution in [0.25, 0.3) is 0 Å². The van der Waals surface area contributed by atoms with Crippen LogP contribution in [0.5, 0.6) is 0 Å². The van der Waals surface area contributed by atoms with E-state index in [2.05, 4.69) is 4.98 Å². The molecule has 1 aromatic heterocycles. The zero-order valence-corrected chi connectivity index (χ0v) is 7.86. The van der Waals surface area contributed by atoms with Crippen LogP contribution < -0.4 is 0 Å². The summed E-state index contributed by atoms with van der Waals surface area (Å²) < 4.78 is 12.5. The predicted octanol–water partition coefficient (Wildman–Crippen LogP) is 1.31. The summed E-state index contributed by atoms with van der Waals surface area (Å²) in [5.74, 6) is -0.291. The van der Waals surface area contributed by atoms with E-state index in [1.165, 1.54) is 29.5 Å². The van der Waals surface area contributed by atoms with Crippen molar-refractivity contribution >= 4 is 13.0 Å². The molecule has 0 aliphatic heterocycles. The zero-order valence-electron chi connectivity index (χ0n) is 6.97. The Morgan fingerprint density at radius 3 is 2.67 bits per heavy atom. The minimum Gasteiger partial charge on any atom is -0.323 e. The Hall–Kier alpha value is -0.890. The van der Waals surface area contributed by atoms with E-state index in [0.717, 1.165) is 0 Å². The Balaban J connectivity index is 2.69. The molecular formula is C7H10N2O2P. The molecule has 0 aromatic carbocycles. The van der Waals surface area contributed by atoms with E-state index in [9.17, 15) is 9.36 Å². The lowest BCUT2D eigenvalue weighted by Crippen LogP contribution is -2.08. The first-order valence-electron chi connectivity index (χ1n) is 3.42. The van der Waals surface area contributed by atoms with Gasteiger partial charge < -0.3 is 4.57 Å². The van der Waals surface area contributed by atoms with Crippen molar-refractivity contribution in [3.8, 4) is 0 Å². The third kappa shape index (κ3) is 2.62. The second kappa shape index (κ2) is 3.23. The van der Waals surface area contributed by atoms with Gasteiger partial charge in [-0.05, 0) is 13.3 Å². The quantitative estimate of drug-likeness (QED) is 0.652. The Bertz CT molecular complexity index is 312. The first-order chi connectivity index (χ1) is 5.49. The molecule has 4 nitrogen and oxygen atoms in total. The number of hydrogen-bond acceptors (Lipinski definition) is 3. The second-order valence-electron chi connectivity index (χ2n) is 2.87. The number of rotatable bonds is 2. The van der Waals surface area contributed by atoms with Gasteiger partial charge in [-0.3, -0.25) is 9.36 Å². The molecule has 0 amide bonds. The predicted molar refractivity (Wildman–Crippen MR) is 46.6 cm³/mol. The second-order valence-corrected chi connectivity index (χ2v) is 6.00. The number of aromatic nitrogens is 2. The largest absolute Gasteiger partial charge is 0.323 e. The topological polar surface area (TPSA) is 52.0 Å². The van der Waals surface area contributed by atoms with Gasteiger partial charge in [-0.1, -0.05) is 0 Å². The molecule has 12 heavy (non-hydrogen) atoms. The van der Waals surface area contributed by atoms with Crippen molar-refractivity contribution in [2.24, 2.45) is 0 Å². The summed E-state index contributed by atoms with van der Waals surface area (Å²) in [5, 5.41) is 0. The third-order valence-corrected chi connectivity index (χ3v) is 2.02. The maximum Gasteiger partial charge on any atom is 0.243 e. The summed E-state index contributed by atoms with van der Waals surface area (Å²) in [4.78, 5) is 14.9. The molecule has 1 heterocycles. The molecule has 0 N–H and O–H groups in total. The number of hydrogen-bond donors (Lipinski definition) is 0. The van der Waals surface area contributed by atoms with Gasteiger partial charge in [-0.25, -0.2) is 4.98 Å². The molecule has 0 bridgehead atoms. The Kier molecular flexibility index (Phi) is 2.48. The number of carbonyl (C=O) groups excluding carboxylic acids is 1. The lowest BCUT2D eigenvalue weighted by atomic mass is 10.7. The highest BCUT2D eigenvalue weighted by atomic mass is 31.2. The van der Waals surface area contributed by atoms with E-state index in [1.54, 1.807) is 13.3 Å². The molecular weight excluding hydrogens is 175 g/mol. The Morgan fingerprint density at radius 2 is 2.25 bits per heavy atom. The van der Waals surface area contributed by atoms with E-state index < -0.39 is 7.14 Å². The van der Waals surface area contributed by atoms with Crippen LogP contribution in [0.1, 0.15) is 4.79 Å². The average molecular weight is 185 g/mol. The molecule has 1 aromatic rings. The van der Waals surface area contributed by atoms with Gasteiger partial charge >= 0.3 is 0 Å². The molecule has 65 valence electrons. The highest BCUT2D eigenvalue weighted by molar-refractivity contribution is 7.65. The van der Waals surface area contributed by atoms with Gasteiger partial charge in [0.05, 0.1) is 7.14 Å². The molecule has 0 saturated carbocycles.